The van der Waals surface area contributed by atoms with E-state index in [1.165, 1.54) is 12.1 Å². The summed E-state index contributed by atoms with van der Waals surface area (Å²) >= 11 is 0. The number of carbonyl (C=O) groups excluding carboxylic acids is 1. The van der Waals surface area contributed by atoms with Gasteiger partial charge in [0.25, 0.3) is 0 Å². The van der Waals surface area contributed by atoms with Crippen LogP contribution in [0, 0.1) is 5.41 Å². The summed E-state index contributed by atoms with van der Waals surface area (Å²) in [5.74, 6) is -1.18. The molecule has 6 rings (SSSR count). The molecular weight excluding hydrogens is 725 g/mol. The molecule has 2 N–H and O–H groups in total. The van der Waals surface area contributed by atoms with Crippen molar-refractivity contribution in [2.24, 2.45) is 5.41 Å². The summed E-state index contributed by atoms with van der Waals surface area (Å²) in [6, 6.07) is 42.9. The fourth-order valence-corrected chi connectivity index (χ4v) is 5.90. The van der Waals surface area contributed by atoms with Crippen molar-refractivity contribution in [3.63, 3.8) is 0 Å². The second kappa shape index (κ2) is 18.6. The van der Waals surface area contributed by atoms with Gasteiger partial charge in [-0.3, -0.25) is 0 Å². The van der Waals surface area contributed by atoms with Gasteiger partial charge in [-0.05, 0) is 107 Å². The third kappa shape index (κ3) is 11.5. The molecule has 0 atom stereocenters. The Morgan fingerprint density at radius 3 is 1.51 bits per heavy atom. The van der Waals surface area contributed by atoms with Gasteiger partial charge in [-0.25, -0.2) is 14.4 Å². The van der Waals surface area contributed by atoms with Crippen LogP contribution in [0.2, 0.25) is 0 Å². The molecule has 57 heavy (non-hydrogen) atoms. The number of benzene rings is 6. The first-order chi connectivity index (χ1) is 27.5. The van der Waals surface area contributed by atoms with E-state index < -0.39 is 17.9 Å². The maximum absolute atomic E-state index is 13.0. The highest BCUT2D eigenvalue weighted by molar-refractivity contribution is 6.03. The zero-order chi connectivity index (χ0) is 40.2. The molecule has 0 aliphatic carbocycles. The predicted octanol–water partition coefficient (Wildman–Crippen LogP) is 9.48. The van der Waals surface area contributed by atoms with Crippen molar-refractivity contribution in [2.45, 2.75) is 33.3 Å². The lowest BCUT2D eigenvalue weighted by Crippen LogP contribution is -2.28. The van der Waals surface area contributed by atoms with Gasteiger partial charge in [-0.2, -0.15) is 4.89 Å². The molecule has 0 saturated heterocycles. The van der Waals surface area contributed by atoms with Crippen molar-refractivity contribution in [2.75, 3.05) is 13.2 Å². The summed E-state index contributed by atoms with van der Waals surface area (Å²) in [4.78, 5) is 47.8. The largest absolute Gasteiger partial charge is 0.493 e. The number of carboxylic acids is 2. The third-order valence-electron chi connectivity index (χ3n) is 8.93. The molecule has 10 nitrogen and oxygen atoms in total. The van der Waals surface area contributed by atoms with E-state index in [0.29, 0.717) is 48.9 Å². The van der Waals surface area contributed by atoms with Crippen molar-refractivity contribution in [1.29, 1.82) is 0 Å². The Morgan fingerprint density at radius 1 is 0.509 bits per heavy atom. The second-order valence-electron chi connectivity index (χ2n) is 14.2. The van der Waals surface area contributed by atoms with Gasteiger partial charge in [-0.15, -0.1) is 0 Å². The molecule has 0 unspecified atom stereocenters. The number of ether oxygens (including phenoxy) is 3. The maximum atomic E-state index is 13.0. The molecule has 0 heterocycles. The lowest BCUT2D eigenvalue weighted by Gasteiger charge is -2.25. The van der Waals surface area contributed by atoms with Gasteiger partial charge in [0.15, 0.2) is 5.75 Å². The van der Waals surface area contributed by atoms with E-state index in [-0.39, 0.29) is 34.5 Å². The van der Waals surface area contributed by atoms with E-state index in [1.807, 2.05) is 80.6 Å². The Hall–Kier alpha value is -6.91. The Bertz CT molecular complexity index is 2280. The molecule has 0 aliphatic rings. The first-order valence-electron chi connectivity index (χ1n) is 18.3. The maximum Gasteiger partial charge on any atom is 0.344 e. The Labute approximate surface area is 330 Å². The lowest BCUT2D eigenvalue weighted by atomic mass is 9.96. The molecule has 0 fully saturated rings. The second-order valence-corrected chi connectivity index (χ2v) is 14.2. The molecule has 6 aromatic carbocycles. The number of hydrogen-bond donors (Lipinski definition) is 2. The van der Waals surface area contributed by atoms with Gasteiger partial charge in [-0.1, -0.05) is 92.7 Å². The smallest absolute Gasteiger partial charge is 0.344 e. The van der Waals surface area contributed by atoms with Crippen LogP contribution >= 0.6 is 0 Å². The van der Waals surface area contributed by atoms with E-state index in [9.17, 15) is 24.6 Å². The van der Waals surface area contributed by atoms with Gasteiger partial charge < -0.3 is 29.3 Å². The van der Waals surface area contributed by atoms with Crippen molar-refractivity contribution >= 4 is 17.9 Å². The van der Waals surface area contributed by atoms with Crippen LogP contribution in [0.25, 0.3) is 0 Å². The molecular formula is C47H42O10. The normalized spacial score (nSPS) is 11.1. The molecule has 6 aromatic rings. The van der Waals surface area contributed by atoms with E-state index >= 15 is 0 Å². The first-order valence-corrected chi connectivity index (χ1v) is 18.3. The summed E-state index contributed by atoms with van der Waals surface area (Å²) in [6.45, 7) is 4.61. The number of carboxylic acid groups (broad SMARTS) is 2. The number of aromatic carboxylic acids is 2. The van der Waals surface area contributed by atoms with Crippen LogP contribution in [-0.2, 0) is 24.3 Å². The molecule has 10 heteroatoms. The van der Waals surface area contributed by atoms with Crippen LogP contribution in [0.4, 0.5) is 0 Å². The van der Waals surface area contributed by atoms with Crippen LogP contribution < -0.4 is 19.1 Å². The minimum absolute atomic E-state index is 0.0375. The minimum Gasteiger partial charge on any atom is -0.493 e. The molecule has 0 spiro atoms. The number of rotatable bonds is 18. The molecule has 0 bridgehead atoms. The fourth-order valence-electron chi connectivity index (χ4n) is 5.90. The van der Waals surface area contributed by atoms with Crippen LogP contribution in [0.1, 0.15) is 72.7 Å². The van der Waals surface area contributed by atoms with Crippen molar-refractivity contribution < 1.29 is 48.6 Å². The SMILES string of the molecule is CC(C)(COc1ccc(OOCc2ccc(Cc3ccccc3)cc2C(=O)O)cc1)COc1ccc(OC(=O)c2ccc(Cc3ccccc3)cc2C(=O)O)cc1. The minimum atomic E-state index is -1.21. The highest BCUT2D eigenvalue weighted by atomic mass is 17.2. The standard InChI is InChI=1S/C47H42O10/c1-47(2,30-53-37-16-20-39(21-17-37)56-46(52)41-24-14-35(28-43(41)45(50)51)26-33-11-7-4-8-12-33)31-54-38-18-22-40(23-19-38)57-55-29-36-15-13-34(27-42(36)44(48)49)25-32-9-5-3-6-10-32/h3-24,27-28H,25-26,29-31H2,1-2H3,(H,48,49)(H,50,51). The summed E-state index contributed by atoms with van der Waals surface area (Å²) in [6.07, 6.45) is 1.16. The van der Waals surface area contributed by atoms with E-state index in [0.717, 1.165) is 22.3 Å². The average molecular weight is 767 g/mol. The summed E-state index contributed by atoms with van der Waals surface area (Å²) in [5.41, 5.74) is 3.89. The van der Waals surface area contributed by atoms with Gasteiger partial charge in [0.1, 0.15) is 23.9 Å². The van der Waals surface area contributed by atoms with Crippen LogP contribution in [-0.4, -0.2) is 41.3 Å². The molecule has 0 aliphatic heterocycles. The van der Waals surface area contributed by atoms with Crippen molar-refractivity contribution in [3.8, 4) is 23.0 Å². The fraction of sp³-hybridized carbons (Fsp3) is 0.170. The molecule has 0 amide bonds. The van der Waals surface area contributed by atoms with Crippen LogP contribution in [0.3, 0.4) is 0 Å². The lowest BCUT2D eigenvalue weighted by molar-refractivity contribution is -0.217. The summed E-state index contributed by atoms with van der Waals surface area (Å²) in [7, 11) is 0. The predicted molar refractivity (Wildman–Crippen MR) is 213 cm³/mol. The molecule has 290 valence electrons. The van der Waals surface area contributed by atoms with Gasteiger partial charge in [0, 0.05) is 5.41 Å². The van der Waals surface area contributed by atoms with Crippen molar-refractivity contribution in [3.05, 3.63) is 190 Å². The summed E-state index contributed by atoms with van der Waals surface area (Å²) in [5, 5.41) is 19.6. The monoisotopic (exact) mass is 766 g/mol. The zero-order valence-electron chi connectivity index (χ0n) is 31.6. The molecule has 0 aromatic heterocycles. The molecule has 0 saturated carbocycles. The van der Waals surface area contributed by atoms with Gasteiger partial charge >= 0.3 is 17.9 Å². The Kier molecular flexibility index (Phi) is 13.0. The molecule has 0 radical (unpaired) electrons. The van der Waals surface area contributed by atoms with E-state index in [1.54, 1.807) is 66.7 Å². The van der Waals surface area contributed by atoms with Crippen molar-refractivity contribution in [1.82, 2.24) is 0 Å². The number of hydrogen-bond acceptors (Lipinski definition) is 8. The number of esters is 1. The average Bonchev–Trinajstić information content (AvgIpc) is 3.21. The highest BCUT2D eigenvalue weighted by Crippen LogP contribution is 2.26. The highest BCUT2D eigenvalue weighted by Gasteiger charge is 2.22. The Balaban J connectivity index is 0.941. The third-order valence-corrected chi connectivity index (χ3v) is 8.93. The van der Waals surface area contributed by atoms with Gasteiger partial charge in [0.2, 0.25) is 0 Å². The topological polar surface area (TPSA) is 138 Å². The quantitative estimate of drug-likeness (QED) is 0.0377. The zero-order valence-corrected chi connectivity index (χ0v) is 31.6. The number of carbonyl (C=O) groups is 3. The van der Waals surface area contributed by atoms with E-state index in [2.05, 4.69) is 0 Å². The van der Waals surface area contributed by atoms with E-state index in [4.69, 9.17) is 24.0 Å². The van der Waals surface area contributed by atoms with Gasteiger partial charge in [0.05, 0.1) is 29.9 Å². The Morgan fingerprint density at radius 2 is 0.982 bits per heavy atom. The summed E-state index contributed by atoms with van der Waals surface area (Å²) < 4.78 is 17.5. The first kappa shape index (κ1) is 39.8. The van der Waals surface area contributed by atoms with Crippen LogP contribution in [0.5, 0.6) is 23.0 Å². The van der Waals surface area contributed by atoms with Crippen LogP contribution in [0.15, 0.2) is 146 Å².